The molecule has 0 aromatic rings. The molecule has 0 spiro atoms. The summed E-state index contributed by atoms with van der Waals surface area (Å²) in [4.78, 5) is 0. The molecule has 2 rings (SSSR count). The largest absolute Gasteiger partial charge is 0.389 e. The molecule has 1 fully saturated rings. The Hall–Kier alpha value is -1.20. The van der Waals surface area contributed by atoms with Crippen LogP contribution in [0.4, 0.5) is 0 Å². The van der Waals surface area contributed by atoms with E-state index in [1.165, 1.54) is 0 Å². The highest BCUT2D eigenvalue weighted by atomic mass is 16.6. The van der Waals surface area contributed by atoms with Crippen LogP contribution in [0.25, 0.3) is 0 Å². The lowest BCUT2D eigenvalue weighted by Crippen LogP contribution is -2.39. The average molecular weight is 334 g/mol. The number of hydrogen-bond donors (Lipinski definition) is 3. The van der Waals surface area contributed by atoms with Crippen molar-refractivity contribution < 1.29 is 20.1 Å². The van der Waals surface area contributed by atoms with Crippen molar-refractivity contribution in [1.29, 1.82) is 0 Å². The minimum absolute atomic E-state index is 0.126. The predicted octanol–water partition coefficient (Wildman–Crippen LogP) is 2.87. The average Bonchev–Trinajstić information content (AvgIpc) is 2.49. The third-order valence-corrected chi connectivity index (χ3v) is 4.72. The summed E-state index contributed by atoms with van der Waals surface area (Å²) in [5.74, 6) is -0.0872. The quantitative estimate of drug-likeness (QED) is 0.679. The first kappa shape index (κ1) is 19.1. The van der Waals surface area contributed by atoms with Gasteiger partial charge in [0.05, 0.1) is 18.3 Å². The number of aliphatic hydroxyl groups excluding tert-OH is 2. The van der Waals surface area contributed by atoms with Crippen LogP contribution in [-0.2, 0) is 4.74 Å². The number of fused-ring (bicyclic) bond motifs is 1. The van der Waals surface area contributed by atoms with Gasteiger partial charge in [0.25, 0.3) is 0 Å². The molecule has 0 saturated carbocycles. The van der Waals surface area contributed by atoms with Gasteiger partial charge in [-0.3, -0.25) is 0 Å². The molecule has 1 aliphatic heterocycles. The van der Waals surface area contributed by atoms with Gasteiger partial charge < -0.3 is 20.1 Å². The van der Waals surface area contributed by atoms with Crippen LogP contribution < -0.4 is 0 Å². The van der Waals surface area contributed by atoms with E-state index in [2.05, 4.69) is 6.58 Å². The summed E-state index contributed by atoms with van der Waals surface area (Å²) in [6, 6.07) is 0. The van der Waals surface area contributed by atoms with Crippen molar-refractivity contribution >= 4 is 0 Å². The van der Waals surface area contributed by atoms with E-state index in [9.17, 15) is 15.3 Å². The third kappa shape index (κ3) is 5.15. The summed E-state index contributed by atoms with van der Waals surface area (Å²) < 4.78 is 5.54. The lowest BCUT2D eigenvalue weighted by Gasteiger charge is -2.38. The molecule has 0 amide bonds. The molecular formula is C20H30O4. The van der Waals surface area contributed by atoms with Crippen LogP contribution in [0.3, 0.4) is 0 Å². The molecule has 2 aliphatic rings. The first-order valence-corrected chi connectivity index (χ1v) is 8.61. The van der Waals surface area contributed by atoms with Gasteiger partial charge in [-0.15, -0.1) is 0 Å². The maximum absolute atomic E-state index is 10.3. The molecule has 0 radical (unpaired) electrons. The first-order chi connectivity index (χ1) is 11.2. The van der Waals surface area contributed by atoms with Gasteiger partial charge in [-0.1, -0.05) is 42.0 Å². The molecular weight excluding hydrogens is 304 g/mol. The highest BCUT2D eigenvalue weighted by Crippen LogP contribution is 2.40. The van der Waals surface area contributed by atoms with Crippen LogP contribution in [0.5, 0.6) is 0 Å². The Morgan fingerprint density at radius 3 is 2.71 bits per heavy atom. The number of hydrogen-bond acceptors (Lipinski definition) is 4. The first-order valence-electron chi connectivity index (χ1n) is 8.61. The van der Waals surface area contributed by atoms with E-state index < -0.39 is 18.0 Å². The summed E-state index contributed by atoms with van der Waals surface area (Å²) in [6.07, 6.45) is 8.17. The van der Waals surface area contributed by atoms with Gasteiger partial charge in [-0.05, 0) is 51.5 Å². The summed E-state index contributed by atoms with van der Waals surface area (Å²) in [5, 5.41) is 30.3. The summed E-state index contributed by atoms with van der Waals surface area (Å²) in [5.41, 5.74) is 2.21. The van der Waals surface area contributed by atoms with Crippen molar-refractivity contribution in [2.24, 2.45) is 11.8 Å². The molecule has 0 bridgehead atoms. The fraction of sp³-hybridized carbons (Fsp3) is 0.600. The van der Waals surface area contributed by atoms with Crippen molar-refractivity contribution in [1.82, 2.24) is 0 Å². The Morgan fingerprint density at radius 2 is 2.04 bits per heavy atom. The zero-order valence-corrected chi connectivity index (χ0v) is 14.9. The summed E-state index contributed by atoms with van der Waals surface area (Å²) in [7, 11) is 0. The Labute approximate surface area is 144 Å². The molecule has 134 valence electrons. The van der Waals surface area contributed by atoms with Gasteiger partial charge in [-0.2, -0.15) is 0 Å². The van der Waals surface area contributed by atoms with Crippen LogP contribution in [0.1, 0.15) is 40.0 Å². The van der Waals surface area contributed by atoms with Crippen LogP contribution in [-0.4, -0.2) is 39.9 Å². The molecule has 3 N–H and O–H groups in total. The zero-order valence-electron chi connectivity index (χ0n) is 14.9. The normalized spacial score (nSPS) is 36.7. The van der Waals surface area contributed by atoms with Crippen molar-refractivity contribution in [2.45, 2.75) is 58.0 Å². The van der Waals surface area contributed by atoms with Gasteiger partial charge in [0, 0.05) is 5.92 Å². The van der Waals surface area contributed by atoms with E-state index in [-0.39, 0.29) is 11.8 Å². The standard InChI is InChI=1S/C20H30O4/c1-13-7-8-17-15(6-5-9-20(3,4)23)12-24-19(22)18(17)14(2)11-16(21)10-13/h5-6,9-10,16-19,21-23H,2,7-8,11-12H2,1,3-4H3/b9-5+,13-10+,15-6-/t16-,17+,18-,19-/m0/s1. The topological polar surface area (TPSA) is 69.9 Å². The smallest absolute Gasteiger partial charge is 0.162 e. The number of allylic oxidation sites excluding steroid dienone is 3. The molecule has 4 nitrogen and oxygen atoms in total. The maximum Gasteiger partial charge on any atom is 0.162 e. The minimum atomic E-state index is -0.886. The van der Waals surface area contributed by atoms with E-state index in [4.69, 9.17) is 4.74 Å². The van der Waals surface area contributed by atoms with Crippen molar-refractivity contribution in [3.63, 3.8) is 0 Å². The molecule has 4 atom stereocenters. The van der Waals surface area contributed by atoms with E-state index in [0.29, 0.717) is 13.0 Å². The van der Waals surface area contributed by atoms with E-state index in [1.54, 1.807) is 19.9 Å². The zero-order chi connectivity index (χ0) is 17.9. The van der Waals surface area contributed by atoms with Gasteiger partial charge in [-0.25, -0.2) is 0 Å². The van der Waals surface area contributed by atoms with Gasteiger partial charge >= 0.3 is 0 Å². The lowest BCUT2D eigenvalue weighted by molar-refractivity contribution is -0.149. The lowest BCUT2D eigenvalue weighted by atomic mass is 9.75. The number of ether oxygens (including phenoxy) is 1. The second-order valence-electron chi connectivity index (χ2n) is 7.57. The number of rotatable bonds is 2. The summed E-state index contributed by atoms with van der Waals surface area (Å²) >= 11 is 0. The SMILES string of the molecule is C=C1C[C@@H](O)/C=C(\C)CC[C@@H]2/C(=C\C=C\C(C)(C)O)CO[C@H](O)[C@@H]12. The molecule has 0 aromatic carbocycles. The highest BCUT2D eigenvalue weighted by Gasteiger charge is 2.38. The fourth-order valence-electron chi connectivity index (χ4n) is 3.51. The summed E-state index contributed by atoms with van der Waals surface area (Å²) in [6.45, 7) is 9.96. The van der Waals surface area contributed by atoms with Gasteiger partial charge in [0.15, 0.2) is 6.29 Å². The fourth-order valence-corrected chi connectivity index (χ4v) is 3.51. The Balaban J connectivity index is 2.29. The maximum atomic E-state index is 10.3. The number of aliphatic hydroxyl groups is 3. The highest BCUT2D eigenvalue weighted by molar-refractivity contribution is 5.25. The molecule has 0 unspecified atom stereocenters. The molecule has 1 aliphatic carbocycles. The third-order valence-electron chi connectivity index (χ3n) is 4.72. The molecule has 1 saturated heterocycles. The van der Waals surface area contributed by atoms with E-state index in [1.807, 2.05) is 25.2 Å². The predicted molar refractivity (Wildman–Crippen MR) is 95.2 cm³/mol. The van der Waals surface area contributed by atoms with Crippen LogP contribution in [0, 0.1) is 11.8 Å². The van der Waals surface area contributed by atoms with E-state index in [0.717, 1.165) is 29.6 Å². The van der Waals surface area contributed by atoms with Crippen molar-refractivity contribution in [3.05, 3.63) is 47.6 Å². The second kappa shape index (κ2) is 7.79. The molecule has 24 heavy (non-hydrogen) atoms. The van der Waals surface area contributed by atoms with Crippen molar-refractivity contribution in [2.75, 3.05) is 6.61 Å². The monoisotopic (exact) mass is 334 g/mol. The Kier molecular flexibility index (Phi) is 6.21. The Bertz CT molecular complexity index is 550. The molecule has 4 heteroatoms. The van der Waals surface area contributed by atoms with E-state index >= 15 is 0 Å². The van der Waals surface area contributed by atoms with Crippen LogP contribution >= 0.6 is 0 Å². The van der Waals surface area contributed by atoms with Gasteiger partial charge in [0.1, 0.15) is 0 Å². The molecule has 1 heterocycles. The van der Waals surface area contributed by atoms with Crippen molar-refractivity contribution in [3.8, 4) is 0 Å². The molecule has 0 aromatic heterocycles. The van der Waals surface area contributed by atoms with Gasteiger partial charge in [0.2, 0.25) is 0 Å². The second-order valence-corrected chi connectivity index (χ2v) is 7.57. The van der Waals surface area contributed by atoms with Crippen LogP contribution in [0.15, 0.2) is 47.6 Å². The minimum Gasteiger partial charge on any atom is -0.389 e. The van der Waals surface area contributed by atoms with Crippen LogP contribution in [0.2, 0.25) is 0 Å². The Morgan fingerprint density at radius 1 is 1.33 bits per heavy atom.